The number of carbonyl (C=O) groups excluding carboxylic acids is 1. The normalized spacial score (nSPS) is 19.9. The molecule has 1 unspecified atom stereocenters. The first-order valence-electron chi connectivity index (χ1n) is 5.53. The van der Waals surface area contributed by atoms with Crippen LogP contribution in [0.2, 0.25) is 0 Å². The maximum Gasteiger partial charge on any atom is 0.257 e. The highest BCUT2D eigenvalue weighted by atomic mass is 79.9. The van der Waals surface area contributed by atoms with E-state index in [1.807, 2.05) is 0 Å². The molecule has 0 aromatic heterocycles. The molecule has 3 nitrogen and oxygen atoms in total. The zero-order valence-corrected chi connectivity index (χ0v) is 11.1. The number of amides is 1. The first kappa shape index (κ1) is 13.4. The lowest BCUT2D eigenvalue weighted by molar-refractivity contribution is -0.00982. The predicted molar refractivity (Wildman–Crippen MR) is 65.8 cm³/mol. The van der Waals surface area contributed by atoms with E-state index in [9.17, 15) is 13.6 Å². The Balaban J connectivity index is 2.15. The molecule has 1 aliphatic rings. The molecule has 0 radical (unpaired) electrons. The average Bonchev–Trinajstić information content (AvgIpc) is 2.38. The van der Waals surface area contributed by atoms with Crippen LogP contribution in [0.3, 0.4) is 0 Å². The lowest BCUT2D eigenvalue weighted by atomic mass is 10.1. The molecule has 2 rings (SSSR count). The Labute approximate surface area is 112 Å². The minimum Gasteiger partial charge on any atom is -0.374 e. The Morgan fingerprint density at radius 3 is 2.94 bits per heavy atom. The van der Waals surface area contributed by atoms with Crippen LogP contribution in [0.1, 0.15) is 10.4 Å². The van der Waals surface area contributed by atoms with Crippen LogP contribution in [0.25, 0.3) is 0 Å². The number of halogens is 3. The van der Waals surface area contributed by atoms with Gasteiger partial charge in [-0.2, -0.15) is 0 Å². The van der Waals surface area contributed by atoms with Crippen LogP contribution in [0.5, 0.6) is 0 Å². The molecule has 18 heavy (non-hydrogen) atoms. The second-order valence-corrected chi connectivity index (χ2v) is 4.67. The molecular formula is C12H12BrF2NO2. The molecule has 1 fully saturated rings. The van der Waals surface area contributed by atoms with Crippen LogP contribution < -0.4 is 0 Å². The van der Waals surface area contributed by atoms with Crippen LogP contribution in [-0.2, 0) is 4.74 Å². The standard InChI is InChI=1S/C12H12BrF2NO2/c13-6-9-7-16(3-4-18-9)12(17)10-2-1-8(14)5-11(10)15/h1-2,5,9H,3-4,6-7H2. The van der Waals surface area contributed by atoms with Crippen LogP contribution in [0, 0.1) is 11.6 Å². The molecule has 0 spiro atoms. The van der Waals surface area contributed by atoms with Gasteiger partial charge in [0.15, 0.2) is 0 Å². The second-order valence-electron chi connectivity index (χ2n) is 4.02. The summed E-state index contributed by atoms with van der Waals surface area (Å²) >= 11 is 3.28. The van der Waals surface area contributed by atoms with E-state index in [1.165, 1.54) is 11.0 Å². The van der Waals surface area contributed by atoms with E-state index in [0.29, 0.717) is 25.0 Å². The van der Waals surface area contributed by atoms with Crippen LogP contribution in [-0.4, -0.2) is 41.9 Å². The van der Waals surface area contributed by atoms with E-state index in [1.54, 1.807) is 0 Å². The summed E-state index contributed by atoms with van der Waals surface area (Å²) in [6.45, 7) is 1.24. The molecule has 6 heteroatoms. The van der Waals surface area contributed by atoms with Crippen molar-refractivity contribution in [2.45, 2.75) is 6.10 Å². The number of rotatable bonds is 2. The van der Waals surface area contributed by atoms with E-state index >= 15 is 0 Å². The Hall–Kier alpha value is -1.01. The highest BCUT2D eigenvalue weighted by Crippen LogP contribution is 2.15. The van der Waals surface area contributed by atoms with Gasteiger partial charge < -0.3 is 9.64 Å². The predicted octanol–water partition coefficient (Wildman–Crippen LogP) is 2.20. The maximum absolute atomic E-state index is 13.5. The summed E-state index contributed by atoms with van der Waals surface area (Å²) in [6, 6.07) is 2.97. The summed E-state index contributed by atoms with van der Waals surface area (Å²) in [5.41, 5.74) is -0.105. The Kier molecular flexibility index (Phi) is 4.29. The highest BCUT2D eigenvalue weighted by molar-refractivity contribution is 9.09. The third-order valence-corrected chi connectivity index (χ3v) is 3.48. The molecule has 98 valence electrons. The van der Waals surface area contributed by atoms with Crippen LogP contribution in [0.4, 0.5) is 8.78 Å². The third kappa shape index (κ3) is 2.87. The largest absolute Gasteiger partial charge is 0.374 e. The van der Waals surface area contributed by atoms with Gasteiger partial charge >= 0.3 is 0 Å². The van der Waals surface area contributed by atoms with Crippen LogP contribution in [0.15, 0.2) is 18.2 Å². The fourth-order valence-electron chi connectivity index (χ4n) is 1.83. The Bertz CT molecular complexity index is 456. The third-order valence-electron chi connectivity index (χ3n) is 2.76. The highest BCUT2D eigenvalue weighted by Gasteiger charge is 2.26. The van der Waals surface area contributed by atoms with Gasteiger partial charge in [0.1, 0.15) is 11.6 Å². The fraction of sp³-hybridized carbons (Fsp3) is 0.417. The quantitative estimate of drug-likeness (QED) is 0.782. The van der Waals surface area contributed by atoms with Crippen molar-refractivity contribution in [3.05, 3.63) is 35.4 Å². The maximum atomic E-state index is 13.5. The lowest BCUT2D eigenvalue weighted by Gasteiger charge is -2.32. The zero-order chi connectivity index (χ0) is 13.1. The Morgan fingerprint density at radius 1 is 1.50 bits per heavy atom. The minimum absolute atomic E-state index is 0.0915. The summed E-state index contributed by atoms with van der Waals surface area (Å²) in [5.74, 6) is -1.95. The topological polar surface area (TPSA) is 29.5 Å². The number of alkyl halides is 1. The summed E-state index contributed by atoms with van der Waals surface area (Å²) in [5, 5.41) is 0.614. The van der Waals surface area contributed by atoms with Gasteiger partial charge in [-0.3, -0.25) is 4.79 Å². The van der Waals surface area contributed by atoms with Crippen molar-refractivity contribution in [2.24, 2.45) is 0 Å². The van der Waals surface area contributed by atoms with Gasteiger partial charge in [-0.05, 0) is 12.1 Å². The fourth-order valence-corrected chi connectivity index (χ4v) is 2.22. The number of hydrogen-bond acceptors (Lipinski definition) is 2. The van der Waals surface area contributed by atoms with Gasteiger partial charge in [0.05, 0.1) is 18.3 Å². The zero-order valence-electron chi connectivity index (χ0n) is 9.54. The molecule has 0 saturated carbocycles. The molecule has 0 bridgehead atoms. The van der Waals surface area contributed by atoms with Gasteiger partial charge in [-0.25, -0.2) is 8.78 Å². The van der Waals surface area contributed by atoms with E-state index < -0.39 is 17.5 Å². The molecule has 1 aromatic carbocycles. The minimum atomic E-state index is -0.832. The van der Waals surface area contributed by atoms with Gasteiger partial charge in [-0.1, -0.05) is 15.9 Å². The Morgan fingerprint density at radius 2 is 2.28 bits per heavy atom. The lowest BCUT2D eigenvalue weighted by Crippen LogP contribution is -2.46. The van der Waals surface area contributed by atoms with Crippen molar-refractivity contribution < 1.29 is 18.3 Å². The number of ether oxygens (including phenoxy) is 1. The average molecular weight is 320 g/mol. The van der Waals surface area contributed by atoms with E-state index in [4.69, 9.17) is 4.74 Å². The number of hydrogen-bond donors (Lipinski definition) is 0. The van der Waals surface area contributed by atoms with Crippen molar-refractivity contribution >= 4 is 21.8 Å². The number of benzene rings is 1. The molecule has 1 heterocycles. The van der Waals surface area contributed by atoms with Crippen LogP contribution >= 0.6 is 15.9 Å². The number of carbonyl (C=O) groups is 1. The van der Waals surface area contributed by atoms with Gasteiger partial charge in [0.25, 0.3) is 5.91 Å². The SMILES string of the molecule is O=C(c1ccc(F)cc1F)N1CCOC(CBr)C1. The number of nitrogens with zero attached hydrogens (tertiary/aromatic N) is 1. The molecule has 1 atom stereocenters. The van der Waals surface area contributed by atoms with Crippen molar-refractivity contribution in [3.8, 4) is 0 Å². The number of morpholine rings is 1. The van der Waals surface area contributed by atoms with E-state index in [2.05, 4.69) is 15.9 Å². The van der Waals surface area contributed by atoms with Gasteiger partial charge in [-0.15, -0.1) is 0 Å². The smallest absolute Gasteiger partial charge is 0.257 e. The second kappa shape index (κ2) is 5.75. The summed E-state index contributed by atoms with van der Waals surface area (Å²) in [7, 11) is 0. The molecule has 1 aliphatic heterocycles. The van der Waals surface area contributed by atoms with E-state index in [0.717, 1.165) is 12.1 Å². The molecule has 1 amide bonds. The first-order chi connectivity index (χ1) is 8.61. The van der Waals surface area contributed by atoms with Crippen molar-refractivity contribution in [2.75, 3.05) is 25.0 Å². The van der Waals surface area contributed by atoms with Gasteiger partial charge in [0.2, 0.25) is 0 Å². The summed E-state index contributed by atoms with van der Waals surface area (Å²) < 4.78 is 31.7. The summed E-state index contributed by atoms with van der Waals surface area (Å²) in [6.07, 6.45) is -0.0915. The monoisotopic (exact) mass is 319 g/mol. The van der Waals surface area contributed by atoms with Crippen molar-refractivity contribution in [1.29, 1.82) is 0 Å². The molecule has 0 N–H and O–H groups in total. The molecule has 1 saturated heterocycles. The molecule has 1 aromatic rings. The molecule has 0 aliphatic carbocycles. The van der Waals surface area contributed by atoms with Crippen molar-refractivity contribution in [3.63, 3.8) is 0 Å². The molecular weight excluding hydrogens is 308 g/mol. The van der Waals surface area contributed by atoms with Gasteiger partial charge in [0, 0.05) is 24.5 Å². The first-order valence-corrected chi connectivity index (χ1v) is 6.66. The van der Waals surface area contributed by atoms with Crippen molar-refractivity contribution in [1.82, 2.24) is 4.90 Å². The van der Waals surface area contributed by atoms with E-state index in [-0.39, 0.29) is 11.7 Å². The summed E-state index contributed by atoms with van der Waals surface area (Å²) in [4.78, 5) is 13.6.